The molecule has 0 aromatic heterocycles. The molecule has 0 spiro atoms. The van der Waals surface area contributed by atoms with Gasteiger partial charge in [0.2, 0.25) is 0 Å². The van der Waals surface area contributed by atoms with Crippen LogP contribution in [0.2, 0.25) is 0 Å². The number of carbonyl (C=O) groups excluding carboxylic acids is 1. The lowest BCUT2D eigenvalue weighted by Crippen LogP contribution is -2.44. The van der Waals surface area contributed by atoms with E-state index in [0.717, 1.165) is 5.56 Å². The van der Waals surface area contributed by atoms with Gasteiger partial charge in [-0.3, -0.25) is 4.79 Å². The van der Waals surface area contributed by atoms with E-state index in [9.17, 15) is 13.2 Å². The van der Waals surface area contributed by atoms with Crippen LogP contribution in [0, 0.1) is 0 Å². The predicted molar refractivity (Wildman–Crippen MR) is 76.4 cm³/mol. The Morgan fingerprint density at radius 3 is 2.37 bits per heavy atom. The van der Waals surface area contributed by atoms with Gasteiger partial charge in [0.25, 0.3) is 15.9 Å². The third-order valence-corrected chi connectivity index (χ3v) is 4.19. The van der Waals surface area contributed by atoms with Gasteiger partial charge in [0, 0.05) is 5.75 Å². The summed E-state index contributed by atoms with van der Waals surface area (Å²) in [6.45, 7) is 0.486. The summed E-state index contributed by atoms with van der Waals surface area (Å²) >= 11 is 3.84. The summed E-state index contributed by atoms with van der Waals surface area (Å²) in [5.74, 6) is -0.711. The lowest BCUT2D eigenvalue weighted by molar-refractivity contribution is -0.120. The maximum Gasteiger partial charge on any atom is 0.264 e. The van der Waals surface area contributed by atoms with E-state index >= 15 is 0 Å². The van der Waals surface area contributed by atoms with Crippen LogP contribution in [-0.4, -0.2) is 32.7 Å². The number of nitrogens with one attached hydrogen (secondary N) is 1. The van der Waals surface area contributed by atoms with Gasteiger partial charge in [0.1, 0.15) is 0 Å². The Morgan fingerprint density at radius 2 is 1.89 bits per heavy atom. The quantitative estimate of drug-likeness (QED) is 0.516. The lowest BCUT2D eigenvalue weighted by Gasteiger charge is -2.10. The summed E-state index contributed by atoms with van der Waals surface area (Å²) in [4.78, 5) is 11.5. The second-order valence-corrected chi connectivity index (χ2v) is 5.99. The molecular formula is C11H17N3O3S2. The Hall–Kier alpha value is -1.09. The molecule has 1 rings (SSSR count). The van der Waals surface area contributed by atoms with E-state index in [1.165, 1.54) is 12.1 Å². The number of hydrogen-bond acceptors (Lipinski definition) is 6. The number of sulfonamides is 1. The fourth-order valence-corrected chi connectivity index (χ4v) is 2.55. The zero-order valence-corrected chi connectivity index (χ0v) is 12.0. The minimum Gasteiger partial charge on any atom is -0.330 e. The minimum atomic E-state index is -3.89. The van der Waals surface area contributed by atoms with E-state index in [1.54, 1.807) is 12.1 Å². The molecule has 0 saturated heterocycles. The van der Waals surface area contributed by atoms with E-state index in [4.69, 9.17) is 11.5 Å². The van der Waals surface area contributed by atoms with Crippen molar-refractivity contribution in [3.63, 3.8) is 0 Å². The van der Waals surface area contributed by atoms with Gasteiger partial charge in [-0.25, -0.2) is 13.1 Å². The van der Waals surface area contributed by atoms with E-state index in [0.29, 0.717) is 13.0 Å². The summed E-state index contributed by atoms with van der Waals surface area (Å²) in [6.07, 6.45) is 0.664. The number of nitrogens with two attached hydrogens (primary N) is 2. The zero-order valence-electron chi connectivity index (χ0n) is 10.2. The molecule has 0 aliphatic heterocycles. The van der Waals surface area contributed by atoms with Crippen molar-refractivity contribution in [1.82, 2.24) is 4.72 Å². The molecule has 19 heavy (non-hydrogen) atoms. The molecule has 0 aliphatic rings. The topological polar surface area (TPSA) is 115 Å². The first-order valence-electron chi connectivity index (χ1n) is 5.63. The second-order valence-electron chi connectivity index (χ2n) is 3.94. The molecule has 1 amide bonds. The Kier molecular flexibility index (Phi) is 5.80. The van der Waals surface area contributed by atoms with Crippen LogP contribution in [0.4, 0.5) is 0 Å². The highest BCUT2D eigenvalue weighted by molar-refractivity contribution is 7.90. The van der Waals surface area contributed by atoms with Gasteiger partial charge < -0.3 is 11.5 Å². The molecule has 0 saturated carbocycles. The third-order valence-electron chi connectivity index (χ3n) is 2.44. The molecule has 0 radical (unpaired) electrons. The highest BCUT2D eigenvalue weighted by Gasteiger charge is 2.21. The first-order chi connectivity index (χ1) is 8.90. The van der Waals surface area contributed by atoms with Crippen LogP contribution in [-0.2, 0) is 21.2 Å². The van der Waals surface area contributed by atoms with Crippen LogP contribution in [0.1, 0.15) is 5.56 Å². The largest absolute Gasteiger partial charge is 0.330 e. The van der Waals surface area contributed by atoms with Crippen LogP contribution in [0.25, 0.3) is 0 Å². The van der Waals surface area contributed by atoms with E-state index in [2.05, 4.69) is 12.6 Å². The summed E-state index contributed by atoms with van der Waals surface area (Å²) in [7, 11) is -3.89. The van der Waals surface area contributed by atoms with Crippen molar-refractivity contribution in [3.8, 4) is 0 Å². The molecule has 1 atom stereocenters. The Bertz CT molecular complexity index is 529. The Balaban J connectivity index is 2.85. The summed E-state index contributed by atoms with van der Waals surface area (Å²) in [6, 6.07) is 5.20. The lowest BCUT2D eigenvalue weighted by atomic mass is 10.2. The van der Waals surface area contributed by atoms with Crippen LogP contribution in [0.3, 0.4) is 0 Å². The van der Waals surface area contributed by atoms with Crippen molar-refractivity contribution in [2.75, 3.05) is 12.3 Å². The van der Waals surface area contributed by atoms with Gasteiger partial charge in [-0.1, -0.05) is 12.1 Å². The van der Waals surface area contributed by atoms with Gasteiger partial charge in [-0.05, 0) is 30.7 Å². The van der Waals surface area contributed by atoms with E-state index in [-0.39, 0.29) is 10.6 Å². The molecule has 6 nitrogen and oxygen atoms in total. The highest BCUT2D eigenvalue weighted by atomic mass is 32.2. The van der Waals surface area contributed by atoms with Crippen LogP contribution in [0.5, 0.6) is 0 Å². The molecule has 0 bridgehead atoms. The van der Waals surface area contributed by atoms with Crippen molar-refractivity contribution < 1.29 is 13.2 Å². The first kappa shape index (κ1) is 16.0. The van der Waals surface area contributed by atoms with Gasteiger partial charge in [-0.2, -0.15) is 12.6 Å². The van der Waals surface area contributed by atoms with E-state index in [1.807, 2.05) is 4.72 Å². The second kappa shape index (κ2) is 6.90. The molecule has 0 fully saturated rings. The number of rotatable bonds is 6. The number of benzene rings is 1. The Labute approximate surface area is 118 Å². The fraction of sp³-hybridized carbons (Fsp3) is 0.364. The average Bonchev–Trinajstić information content (AvgIpc) is 2.38. The Morgan fingerprint density at radius 1 is 1.32 bits per heavy atom. The molecule has 5 N–H and O–H groups in total. The van der Waals surface area contributed by atoms with Gasteiger partial charge in [0.15, 0.2) is 0 Å². The van der Waals surface area contributed by atoms with Crippen molar-refractivity contribution in [1.29, 1.82) is 0 Å². The van der Waals surface area contributed by atoms with Gasteiger partial charge in [-0.15, -0.1) is 0 Å². The van der Waals surface area contributed by atoms with Crippen LogP contribution < -0.4 is 16.2 Å². The molecule has 1 aromatic rings. The minimum absolute atomic E-state index is 0.00739. The van der Waals surface area contributed by atoms with Crippen LogP contribution in [0.15, 0.2) is 29.2 Å². The monoisotopic (exact) mass is 303 g/mol. The van der Waals surface area contributed by atoms with Crippen molar-refractivity contribution >= 4 is 28.6 Å². The number of amides is 1. The maximum absolute atomic E-state index is 11.9. The van der Waals surface area contributed by atoms with Crippen molar-refractivity contribution in [2.45, 2.75) is 17.4 Å². The number of hydrogen-bond donors (Lipinski definition) is 4. The smallest absolute Gasteiger partial charge is 0.264 e. The van der Waals surface area contributed by atoms with Crippen molar-refractivity contribution in [2.24, 2.45) is 11.5 Å². The molecule has 106 valence electrons. The van der Waals surface area contributed by atoms with Crippen LogP contribution >= 0.6 is 12.6 Å². The summed E-state index contributed by atoms with van der Waals surface area (Å²) in [5, 5.41) is 0. The van der Waals surface area contributed by atoms with Crippen molar-refractivity contribution in [3.05, 3.63) is 29.8 Å². The SMILES string of the molecule is NCCc1ccc(S(=O)(=O)NC(=O)C(N)CS)cc1. The molecule has 1 aromatic carbocycles. The molecule has 1 unspecified atom stereocenters. The average molecular weight is 303 g/mol. The standard InChI is InChI=1S/C11H17N3O3S2/c12-6-5-8-1-3-9(4-2-8)19(16,17)14-11(15)10(13)7-18/h1-4,10,18H,5-7,12-13H2,(H,14,15). The van der Waals surface area contributed by atoms with Gasteiger partial charge in [0.05, 0.1) is 10.9 Å². The molecule has 0 aliphatic carbocycles. The highest BCUT2D eigenvalue weighted by Crippen LogP contribution is 2.10. The number of carbonyl (C=O) groups is 1. The van der Waals surface area contributed by atoms with E-state index < -0.39 is 22.0 Å². The predicted octanol–water partition coefficient (Wildman–Crippen LogP) is -0.750. The number of thiol groups is 1. The zero-order chi connectivity index (χ0) is 14.5. The first-order valence-corrected chi connectivity index (χ1v) is 7.74. The third kappa shape index (κ3) is 4.50. The molecular weight excluding hydrogens is 286 g/mol. The fourth-order valence-electron chi connectivity index (χ4n) is 1.35. The maximum atomic E-state index is 11.9. The normalized spacial score (nSPS) is 13.0. The molecule has 8 heteroatoms. The molecule has 0 heterocycles. The van der Waals surface area contributed by atoms with Gasteiger partial charge >= 0.3 is 0 Å². The summed E-state index contributed by atoms with van der Waals surface area (Å²) in [5.41, 5.74) is 11.7. The summed E-state index contributed by atoms with van der Waals surface area (Å²) < 4.78 is 25.7.